The third kappa shape index (κ3) is 7.37. The van der Waals surface area contributed by atoms with Crippen LogP contribution in [0.5, 0.6) is 0 Å². The van der Waals surface area contributed by atoms with Gasteiger partial charge >= 0.3 is 0 Å². The van der Waals surface area contributed by atoms with Gasteiger partial charge in [-0.1, -0.05) is 6.07 Å². The first kappa shape index (κ1) is 23.2. The average molecular weight is 492 g/mol. The van der Waals surface area contributed by atoms with Gasteiger partial charge in [-0.15, -0.1) is 24.0 Å². The summed E-state index contributed by atoms with van der Waals surface area (Å²) in [6.45, 7) is 1.02. The topological polar surface area (TPSA) is 39.7 Å². The normalized spacial score (nSPS) is 11.3. The van der Waals surface area contributed by atoms with Crippen LogP contribution in [-0.2, 0) is 19.6 Å². The smallest absolute Gasteiger partial charge is 0.191 e. The predicted octanol–water partition coefficient (Wildman–Crippen LogP) is 3.65. The van der Waals surface area contributed by atoms with Crippen molar-refractivity contribution in [1.82, 2.24) is 15.5 Å². The quantitative estimate of drug-likeness (QED) is 0.368. The molecule has 0 aliphatic carbocycles. The molecule has 0 unspecified atom stereocenters. The summed E-state index contributed by atoms with van der Waals surface area (Å²) in [5.74, 6) is -0.786. The van der Waals surface area contributed by atoms with Gasteiger partial charge in [0.1, 0.15) is 17.5 Å². The average Bonchev–Trinajstić information content (AvgIpc) is 2.60. The first-order valence-electron chi connectivity index (χ1n) is 8.19. The molecule has 2 aromatic carbocycles. The van der Waals surface area contributed by atoms with Crippen LogP contribution in [0.1, 0.15) is 16.7 Å². The summed E-state index contributed by atoms with van der Waals surface area (Å²) in [4.78, 5) is 5.95. The molecule has 0 bridgehead atoms. The number of hydrogen-bond donors (Lipinski definition) is 2. The van der Waals surface area contributed by atoms with E-state index in [1.807, 2.05) is 19.0 Å². The molecule has 0 aliphatic rings. The van der Waals surface area contributed by atoms with Crippen LogP contribution in [0, 0.1) is 17.5 Å². The van der Waals surface area contributed by atoms with Gasteiger partial charge in [-0.25, -0.2) is 13.2 Å². The van der Waals surface area contributed by atoms with Gasteiger partial charge < -0.3 is 15.5 Å². The van der Waals surface area contributed by atoms with Crippen LogP contribution in [0.15, 0.2) is 41.4 Å². The fourth-order valence-corrected chi connectivity index (χ4v) is 2.46. The minimum absolute atomic E-state index is 0. The van der Waals surface area contributed by atoms with E-state index in [2.05, 4.69) is 15.6 Å². The Hall–Kier alpha value is -1.81. The van der Waals surface area contributed by atoms with Crippen LogP contribution in [-0.4, -0.2) is 32.0 Å². The Morgan fingerprint density at radius 1 is 0.926 bits per heavy atom. The van der Waals surface area contributed by atoms with Crippen molar-refractivity contribution in [2.75, 3.05) is 21.1 Å². The largest absolute Gasteiger partial charge is 0.352 e. The van der Waals surface area contributed by atoms with E-state index in [0.29, 0.717) is 24.6 Å². The number of benzene rings is 2. The SMILES string of the molecule is CN=C(NCc1ccc(F)c(CN(C)C)c1)NCc1cc(F)ccc1F.I. The standard InChI is InChI=1S/C19H23F3N4.HI/c1-23-19(25-11-14-9-16(20)5-7-17(14)21)24-10-13-4-6-18(22)15(8-13)12-26(2)3;/h4-9H,10-12H2,1-3H3,(H2,23,24,25);1H. The molecule has 2 aromatic rings. The molecule has 8 heteroatoms. The number of guanidine groups is 1. The van der Waals surface area contributed by atoms with Gasteiger partial charge in [-0.2, -0.15) is 0 Å². The van der Waals surface area contributed by atoms with Gasteiger partial charge in [0.2, 0.25) is 0 Å². The molecule has 2 N–H and O–H groups in total. The molecule has 0 fully saturated rings. The fraction of sp³-hybridized carbons (Fsp3) is 0.316. The molecule has 148 valence electrons. The zero-order valence-electron chi connectivity index (χ0n) is 15.5. The first-order valence-corrected chi connectivity index (χ1v) is 8.19. The highest BCUT2D eigenvalue weighted by Crippen LogP contribution is 2.12. The lowest BCUT2D eigenvalue weighted by Crippen LogP contribution is -2.36. The molecule has 0 radical (unpaired) electrons. The van der Waals surface area contributed by atoms with Gasteiger partial charge in [0.05, 0.1) is 0 Å². The molecule has 0 spiro atoms. The third-order valence-corrected chi connectivity index (χ3v) is 3.73. The summed E-state index contributed by atoms with van der Waals surface area (Å²) >= 11 is 0. The Morgan fingerprint density at radius 2 is 1.56 bits per heavy atom. The number of nitrogens with zero attached hydrogens (tertiary/aromatic N) is 2. The molecule has 27 heavy (non-hydrogen) atoms. The van der Waals surface area contributed by atoms with Gasteiger partial charge in [0.15, 0.2) is 5.96 Å². The van der Waals surface area contributed by atoms with Crippen LogP contribution in [0.4, 0.5) is 13.2 Å². The Labute approximate surface area is 174 Å². The van der Waals surface area contributed by atoms with Crippen molar-refractivity contribution in [1.29, 1.82) is 0 Å². The third-order valence-electron chi connectivity index (χ3n) is 3.73. The zero-order chi connectivity index (χ0) is 19.1. The number of hydrogen-bond acceptors (Lipinski definition) is 2. The zero-order valence-corrected chi connectivity index (χ0v) is 17.9. The van der Waals surface area contributed by atoms with E-state index in [1.54, 1.807) is 19.2 Å². The molecule has 0 aromatic heterocycles. The van der Waals surface area contributed by atoms with Gasteiger partial charge in [-0.3, -0.25) is 4.99 Å². The maximum absolute atomic E-state index is 13.8. The highest BCUT2D eigenvalue weighted by molar-refractivity contribution is 14.0. The second-order valence-electron chi connectivity index (χ2n) is 6.18. The number of halogens is 4. The van der Waals surface area contributed by atoms with Gasteiger partial charge in [0, 0.05) is 37.8 Å². The summed E-state index contributed by atoms with van der Waals surface area (Å²) in [6, 6.07) is 8.24. The van der Waals surface area contributed by atoms with E-state index in [1.165, 1.54) is 6.07 Å². The van der Waals surface area contributed by atoms with Crippen LogP contribution >= 0.6 is 24.0 Å². The molecule has 0 saturated heterocycles. The molecule has 0 heterocycles. The lowest BCUT2D eigenvalue weighted by molar-refractivity contribution is 0.392. The van der Waals surface area contributed by atoms with Crippen LogP contribution in [0.25, 0.3) is 0 Å². The van der Waals surface area contributed by atoms with E-state index in [-0.39, 0.29) is 41.9 Å². The van der Waals surface area contributed by atoms with Crippen LogP contribution < -0.4 is 10.6 Å². The Kier molecular flexibility index (Phi) is 9.57. The lowest BCUT2D eigenvalue weighted by Gasteiger charge is -2.14. The highest BCUT2D eigenvalue weighted by Gasteiger charge is 2.07. The minimum atomic E-state index is -0.495. The van der Waals surface area contributed by atoms with E-state index in [0.717, 1.165) is 23.8 Å². The minimum Gasteiger partial charge on any atom is -0.352 e. The molecule has 0 aliphatic heterocycles. The number of nitrogens with one attached hydrogen (secondary N) is 2. The van der Waals surface area contributed by atoms with Crippen LogP contribution in [0.3, 0.4) is 0 Å². The summed E-state index contributed by atoms with van der Waals surface area (Å²) in [5, 5.41) is 6.01. The van der Waals surface area contributed by atoms with E-state index < -0.39 is 11.6 Å². The van der Waals surface area contributed by atoms with Crippen molar-refractivity contribution < 1.29 is 13.2 Å². The van der Waals surface area contributed by atoms with Crippen molar-refractivity contribution in [3.8, 4) is 0 Å². The summed E-state index contributed by atoms with van der Waals surface area (Å²) in [7, 11) is 5.34. The van der Waals surface area contributed by atoms with Crippen molar-refractivity contribution >= 4 is 29.9 Å². The second kappa shape index (κ2) is 11.1. The van der Waals surface area contributed by atoms with E-state index in [9.17, 15) is 13.2 Å². The Morgan fingerprint density at radius 3 is 2.22 bits per heavy atom. The van der Waals surface area contributed by atoms with E-state index in [4.69, 9.17) is 0 Å². The summed E-state index contributed by atoms with van der Waals surface area (Å²) in [6.07, 6.45) is 0. The van der Waals surface area contributed by atoms with Crippen molar-refractivity contribution in [2.45, 2.75) is 19.6 Å². The highest BCUT2D eigenvalue weighted by atomic mass is 127. The number of rotatable bonds is 6. The monoisotopic (exact) mass is 492 g/mol. The Balaban J connectivity index is 0.00000364. The van der Waals surface area contributed by atoms with Crippen molar-refractivity contribution in [2.24, 2.45) is 4.99 Å². The maximum Gasteiger partial charge on any atom is 0.191 e. The van der Waals surface area contributed by atoms with Gasteiger partial charge in [0.25, 0.3) is 0 Å². The fourth-order valence-electron chi connectivity index (χ4n) is 2.46. The first-order chi connectivity index (χ1) is 12.4. The summed E-state index contributed by atoms with van der Waals surface area (Å²) in [5.41, 5.74) is 1.71. The molecular formula is C19H24F3IN4. The molecule has 0 atom stereocenters. The predicted molar refractivity (Wildman–Crippen MR) is 113 cm³/mol. The van der Waals surface area contributed by atoms with E-state index >= 15 is 0 Å². The second-order valence-corrected chi connectivity index (χ2v) is 6.18. The number of aliphatic imine (C=N–C) groups is 1. The van der Waals surface area contributed by atoms with Crippen molar-refractivity contribution in [3.05, 3.63) is 70.5 Å². The summed E-state index contributed by atoms with van der Waals surface area (Å²) < 4.78 is 40.7. The lowest BCUT2D eigenvalue weighted by atomic mass is 10.1. The molecular weight excluding hydrogens is 468 g/mol. The Bertz CT molecular complexity index is 782. The molecule has 0 saturated carbocycles. The molecule has 0 amide bonds. The van der Waals surface area contributed by atoms with Gasteiger partial charge in [-0.05, 0) is 50.0 Å². The molecule has 4 nitrogen and oxygen atoms in total. The van der Waals surface area contributed by atoms with Crippen molar-refractivity contribution in [3.63, 3.8) is 0 Å². The maximum atomic E-state index is 13.8. The van der Waals surface area contributed by atoms with Crippen LogP contribution in [0.2, 0.25) is 0 Å². The molecule has 2 rings (SSSR count).